The predicted octanol–water partition coefficient (Wildman–Crippen LogP) is 4.77. The second kappa shape index (κ2) is 8.71. The van der Waals surface area contributed by atoms with Gasteiger partial charge in [0.2, 0.25) is 0 Å². The summed E-state index contributed by atoms with van der Waals surface area (Å²) >= 11 is 6.01. The van der Waals surface area contributed by atoms with E-state index in [0.717, 1.165) is 0 Å². The summed E-state index contributed by atoms with van der Waals surface area (Å²) in [5.41, 5.74) is -0.854. The van der Waals surface area contributed by atoms with Gasteiger partial charge in [0.05, 0.1) is 11.4 Å². The molecule has 2 aromatic rings. The van der Waals surface area contributed by atoms with Crippen LogP contribution in [-0.4, -0.2) is 32.6 Å². The Hall–Kier alpha value is -3.12. The lowest BCUT2D eigenvalue weighted by Gasteiger charge is -2.20. The van der Waals surface area contributed by atoms with Gasteiger partial charge >= 0.3 is 12.1 Å². The molecule has 2 N–H and O–H groups in total. The first-order valence-electron chi connectivity index (χ1n) is 9.07. The Morgan fingerprint density at radius 1 is 1.40 bits per heavy atom. The molecule has 0 atom stereocenters. The molecule has 1 amide bonds. The number of nitriles is 1. The number of benzene rings is 1. The highest BCUT2D eigenvalue weighted by Gasteiger charge is 2.27. The van der Waals surface area contributed by atoms with Gasteiger partial charge in [0, 0.05) is 11.6 Å². The Morgan fingerprint density at radius 3 is 2.53 bits per heavy atom. The third kappa shape index (κ3) is 5.07. The number of carboxylic acid groups (broad SMARTS) is 1. The maximum atomic E-state index is 14.9. The van der Waals surface area contributed by atoms with Crippen molar-refractivity contribution in [1.29, 1.82) is 5.26 Å². The lowest BCUT2D eigenvalue weighted by atomic mass is 10.0. The van der Waals surface area contributed by atoms with Gasteiger partial charge in [0.25, 0.3) is 0 Å². The topological polar surface area (TPSA) is 117 Å². The average molecular weight is 437 g/mol. The number of nitrogens with zero attached hydrogens (tertiary/aromatic N) is 3. The maximum absolute atomic E-state index is 14.9. The average Bonchev–Trinajstić information content (AvgIpc) is 2.95. The lowest BCUT2D eigenvalue weighted by molar-refractivity contribution is -0.136. The summed E-state index contributed by atoms with van der Waals surface area (Å²) in [6.45, 7) is 8.63. The molecule has 2 rings (SSSR count). The molecule has 0 radical (unpaired) electrons. The van der Waals surface area contributed by atoms with E-state index in [1.54, 1.807) is 34.6 Å². The van der Waals surface area contributed by atoms with Crippen molar-refractivity contribution >= 4 is 29.5 Å². The van der Waals surface area contributed by atoms with Gasteiger partial charge in [-0.25, -0.2) is 13.9 Å². The molecule has 0 spiro atoms. The number of carbonyl (C=O) groups excluding carboxylic acids is 1. The van der Waals surface area contributed by atoms with Crippen molar-refractivity contribution in [1.82, 2.24) is 9.78 Å². The normalized spacial score (nSPS) is 11.3. The molecule has 1 heterocycles. The van der Waals surface area contributed by atoms with E-state index in [9.17, 15) is 19.2 Å². The van der Waals surface area contributed by atoms with Gasteiger partial charge in [-0.05, 0) is 46.2 Å². The number of anilines is 1. The van der Waals surface area contributed by atoms with Crippen molar-refractivity contribution < 1.29 is 23.8 Å². The smallest absolute Gasteiger partial charge is 0.413 e. The first-order valence-corrected chi connectivity index (χ1v) is 9.45. The van der Waals surface area contributed by atoms with E-state index in [1.807, 2.05) is 6.07 Å². The molecule has 8 nitrogen and oxygen atoms in total. The minimum atomic E-state index is -1.16. The molecule has 0 unspecified atom stereocenters. The number of halogens is 2. The fourth-order valence-electron chi connectivity index (χ4n) is 2.69. The summed E-state index contributed by atoms with van der Waals surface area (Å²) in [7, 11) is 0. The molecule has 0 saturated heterocycles. The van der Waals surface area contributed by atoms with Crippen LogP contribution in [0.5, 0.6) is 0 Å². The monoisotopic (exact) mass is 436 g/mol. The van der Waals surface area contributed by atoms with Gasteiger partial charge in [0.1, 0.15) is 22.9 Å². The number of nitrogens with one attached hydrogen (secondary N) is 1. The highest BCUT2D eigenvalue weighted by atomic mass is 35.5. The number of ether oxygens (including phenoxy) is 1. The van der Waals surface area contributed by atoms with Crippen LogP contribution in [0.4, 0.5) is 15.0 Å². The van der Waals surface area contributed by atoms with Crippen molar-refractivity contribution in [3.05, 3.63) is 34.1 Å². The van der Waals surface area contributed by atoms with Crippen molar-refractivity contribution in [2.24, 2.45) is 0 Å². The van der Waals surface area contributed by atoms with Gasteiger partial charge in [-0.15, -0.1) is 0 Å². The predicted molar refractivity (Wildman–Crippen MR) is 109 cm³/mol. The number of amides is 1. The Balaban J connectivity index is 2.60. The van der Waals surface area contributed by atoms with Gasteiger partial charge in [-0.1, -0.05) is 17.7 Å². The summed E-state index contributed by atoms with van der Waals surface area (Å²) < 4.78 is 21.6. The fourth-order valence-corrected chi connectivity index (χ4v) is 2.93. The number of hydrogen-bond donors (Lipinski definition) is 2. The third-order valence-corrected chi connectivity index (χ3v) is 4.30. The number of carboxylic acids is 1. The van der Waals surface area contributed by atoms with Crippen LogP contribution >= 0.6 is 11.6 Å². The van der Waals surface area contributed by atoms with Crippen molar-refractivity contribution in [3.63, 3.8) is 0 Å². The summed E-state index contributed by atoms with van der Waals surface area (Å²) in [6.07, 6.45) is -1.24. The highest BCUT2D eigenvalue weighted by molar-refractivity contribution is 6.32. The van der Waals surface area contributed by atoms with E-state index < -0.39 is 29.9 Å². The number of rotatable bonds is 5. The molecule has 1 aromatic carbocycles. The minimum absolute atomic E-state index is 0.0291. The van der Waals surface area contributed by atoms with E-state index >= 15 is 0 Å². The largest absolute Gasteiger partial charge is 0.481 e. The molecule has 0 bridgehead atoms. The van der Waals surface area contributed by atoms with Crippen LogP contribution < -0.4 is 5.32 Å². The summed E-state index contributed by atoms with van der Waals surface area (Å²) in [5, 5.41) is 25.1. The maximum Gasteiger partial charge on any atom is 0.413 e. The van der Waals surface area contributed by atoms with Crippen LogP contribution in [0.3, 0.4) is 0 Å². The molecule has 1 aromatic heterocycles. The highest BCUT2D eigenvalue weighted by Crippen LogP contribution is 2.35. The first kappa shape index (κ1) is 23.2. The molecule has 30 heavy (non-hydrogen) atoms. The zero-order valence-corrected chi connectivity index (χ0v) is 18.0. The molecule has 0 aliphatic heterocycles. The standard InChI is InChI=1S/C20H22ClFN4O4/c1-10(2)26-18(24-19(29)30-20(3,4)5)13(9-23)17(25-26)12-7-6-11(8-14(27)28)15(21)16(12)22/h6-7,10H,8H2,1-5H3,(H,24,29)(H,27,28). The van der Waals surface area contributed by atoms with Gasteiger partial charge < -0.3 is 9.84 Å². The molecule has 0 saturated carbocycles. The number of carbonyl (C=O) groups is 2. The summed E-state index contributed by atoms with van der Waals surface area (Å²) in [5.74, 6) is -2.00. The van der Waals surface area contributed by atoms with E-state index in [0.29, 0.717) is 0 Å². The molecule has 10 heteroatoms. The van der Waals surface area contributed by atoms with Crippen molar-refractivity contribution in [2.75, 3.05) is 5.32 Å². The summed E-state index contributed by atoms with van der Waals surface area (Å²) in [6, 6.07) is 4.34. The van der Waals surface area contributed by atoms with Gasteiger partial charge in [-0.2, -0.15) is 10.4 Å². The lowest BCUT2D eigenvalue weighted by Crippen LogP contribution is -2.28. The van der Waals surface area contributed by atoms with Crippen LogP contribution in [0.25, 0.3) is 11.3 Å². The second-order valence-corrected chi connectivity index (χ2v) is 8.20. The van der Waals surface area contributed by atoms with Crippen LogP contribution in [-0.2, 0) is 16.0 Å². The van der Waals surface area contributed by atoms with Crippen LogP contribution in [0, 0.1) is 17.1 Å². The van der Waals surface area contributed by atoms with E-state index in [-0.39, 0.29) is 39.3 Å². The zero-order chi connectivity index (χ0) is 22.8. The molecule has 0 fully saturated rings. The van der Waals surface area contributed by atoms with Crippen LogP contribution in [0.2, 0.25) is 5.02 Å². The molecule has 0 aliphatic carbocycles. The van der Waals surface area contributed by atoms with Gasteiger partial charge in [0.15, 0.2) is 11.6 Å². The Kier molecular flexibility index (Phi) is 6.73. The number of aliphatic carboxylic acids is 1. The Morgan fingerprint density at radius 2 is 2.03 bits per heavy atom. The fraction of sp³-hybridized carbons (Fsp3) is 0.400. The first-order chi connectivity index (χ1) is 13.9. The minimum Gasteiger partial charge on any atom is -0.481 e. The van der Waals surface area contributed by atoms with Gasteiger partial charge in [-0.3, -0.25) is 10.1 Å². The molecule has 0 aliphatic rings. The van der Waals surface area contributed by atoms with Crippen molar-refractivity contribution in [2.45, 2.75) is 52.7 Å². The zero-order valence-electron chi connectivity index (χ0n) is 17.2. The molecule has 160 valence electrons. The second-order valence-electron chi connectivity index (χ2n) is 7.82. The Labute approximate surface area is 178 Å². The quantitative estimate of drug-likeness (QED) is 0.697. The van der Waals surface area contributed by atoms with E-state index in [1.165, 1.54) is 16.8 Å². The summed E-state index contributed by atoms with van der Waals surface area (Å²) in [4.78, 5) is 23.2. The Bertz CT molecular complexity index is 1030. The molecular formula is C20H22ClFN4O4. The SMILES string of the molecule is CC(C)n1nc(-c2ccc(CC(=O)O)c(Cl)c2F)c(C#N)c1NC(=O)OC(C)(C)C. The van der Waals surface area contributed by atoms with Crippen molar-refractivity contribution in [3.8, 4) is 17.3 Å². The third-order valence-electron chi connectivity index (χ3n) is 3.89. The molecular weight excluding hydrogens is 415 g/mol. The van der Waals surface area contributed by atoms with E-state index in [4.69, 9.17) is 21.4 Å². The number of aromatic nitrogens is 2. The number of hydrogen-bond acceptors (Lipinski definition) is 5. The van der Waals surface area contributed by atoms with Crippen LogP contribution in [0.1, 0.15) is 51.8 Å². The van der Waals surface area contributed by atoms with E-state index in [2.05, 4.69) is 10.4 Å². The van der Waals surface area contributed by atoms with Crippen LogP contribution in [0.15, 0.2) is 12.1 Å².